The molecule has 0 aliphatic carbocycles. The maximum absolute atomic E-state index is 12.4. The molecule has 0 fully saturated rings. The summed E-state index contributed by atoms with van der Waals surface area (Å²) in [5.74, 6) is -2.33. The fourth-order valence-corrected chi connectivity index (χ4v) is 3.19. The Hall–Kier alpha value is -0.680. The van der Waals surface area contributed by atoms with Gasteiger partial charge in [-0.2, -0.15) is 0 Å². The summed E-state index contributed by atoms with van der Waals surface area (Å²) in [7, 11) is 0. The summed E-state index contributed by atoms with van der Waals surface area (Å²) in [5.41, 5.74) is -0.900. The first-order valence-corrected chi connectivity index (χ1v) is 9.03. The normalized spacial score (nSPS) is 12.1. The van der Waals surface area contributed by atoms with Crippen LogP contribution in [-0.2, 0) is 4.74 Å². The van der Waals surface area contributed by atoms with Crippen molar-refractivity contribution in [3.8, 4) is 0 Å². The summed E-state index contributed by atoms with van der Waals surface area (Å²) < 4.78 is 5.29. The maximum atomic E-state index is 12.4. The highest BCUT2D eigenvalue weighted by Crippen LogP contribution is 2.42. The number of carbonyl (C=O) groups is 2. The molecule has 0 aromatic heterocycles. The van der Waals surface area contributed by atoms with Gasteiger partial charge in [0.1, 0.15) is 0 Å². The van der Waals surface area contributed by atoms with E-state index in [4.69, 9.17) is 51.1 Å². The number of carboxylic acid groups (broad SMARTS) is 1. The van der Waals surface area contributed by atoms with Crippen molar-refractivity contribution in [1.82, 2.24) is 0 Å². The van der Waals surface area contributed by atoms with E-state index in [9.17, 15) is 14.7 Å². The highest BCUT2D eigenvalue weighted by molar-refractivity contribution is 6.54. The SMILES string of the molecule is CCCCCC[C@H](C)OC(=O)c1c(Cl)c(Cl)c(Cl)c(Cl)c1C(=O)O. The number of hydrogen-bond donors (Lipinski definition) is 1. The van der Waals surface area contributed by atoms with Gasteiger partial charge in [0.2, 0.25) is 0 Å². The predicted molar refractivity (Wildman–Crippen MR) is 97.1 cm³/mol. The topological polar surface area (TPSA) is 63.6 Å². The van der Waals surface area contributed by atoms with Crippen LogP contribution in [0.1, 0.15) is 66.7 Å². The number of esters is 1. The Kier molecular flexibility index (Phi) is 8.65. The van der Waals surface area contributed by atoms with Gasteiger partial charge in [0, 0.05) is 0 Å². The number of aromatic carboxylic acids is 1. The fourth-order valence-electron chi connectivity index (χ4n) is 2.18. The van der Waals surface area contributed by atoms with Gasteiger partial charge in [-0.15, -0.1) is 0 Å². The number of hydrogen-bond acceptors (Lipinski definition) is 3. The lowest BCUT2D eigenvalue weighted by Crippen LogP contribution is -2.19. The molecular formula is C16H18Cl4O4. The highest BCUT2D eigenvalue weighted by atomic mass is 35.5. The van der Waals surface area contributed by atoms with Crippen LogP contribution in [0.2, 0.25) is 20.1 Å². The molecule has 0 saturated heterocycles. The van der Waals surface area contributed by atoms with E-state index < -0.39 is 17.5 Å². The molecule has 134 valence electrons. The molecular weight excluding hydrogens is 398 g/mol. The second-order valence-electron chi connectivity index (χ2n) is 5.38. The van der Waals surface area contributed by atoms with Crippen LogP contribution >= 0.6 is 46.4 Å². The summed E-state index contributed by atoms with van der Waals surface area (Å²) in [4.78, 5) is 23.8. The van der Waals surface area contributed by atoms with Crippen LogP contribution in [0.3, 0.4) is 0 Å². The summed E-state index contributed by atoms with van der Waals surface area (Å²) >= 11 is 23.7. The van der Waals surface area contributed by atoms with Crippen molar-refractivity contribution < 1.29 is 19.4 Å². The number of benzene rings is 1. The van der Waals surface area contributed by atoms with Gasteiger partial charge in [-0.05, 0) is 19.8 Å². The number of unbranched alkanes of at least 4 members (excludes halogenated alkanes) is 3. The van der Waals surface area contributed by atoms with Crippen molar-refractivity contribution in [2.75, 3.05) is 0 Å². The molecule has 0 aliphatic heterocycles. The van der Waals surface area contributed by atoms with E-state index in [-0.39, 0.29) is 31.8 Å². The number of carboxylic acids is 1. The minimum absolute atomic E-state index is 0.184. The summed E-state index contributed by atoms with van der Waals surface area (Å²) in [5, 5.41) is 8.28. The molecule has 0 bridgehead atoms. The van der Waals surface area contributed by atoms with Crippen LogP contribution in [0.25, 0.3) is 0 Å². The fraction of sp³-hybridized carbons (Fsp3) is 0.500. The average molecular weight is 416 g/mol. The lowest BCUT2D eigenvalue weighted by atomic mass is 10.1. The first-order valence-electron chi connectivity index (χ1n) is 7.52. The van der Waals surface area contributed by atoms with E-state index in [0.717, 1.165) is 25.7 Å². The molecule has 0 amide bonds. The van der Waals surface area contributed by atoms with Crippen molar-refractivity contribution in [3.63, 3.8) is 0 Å². The van der Waals surface area contributed by atoms with E-state index in [1.807, 2.05) is 0 Å². The molecule has 1 aromatic rings. The second kappa shape index (κ2) is 9.71. The van der Waals surface area contributed by atoms with Crippen molar-refractivity contribution in [1.29, 1.82) is 0 Å². The van der Waals surface area contributed by atoms with Crippen LogP contribution in [0.15, 0.2) is 0 Å². The first kappa shape index (κ1) is 21.4. The van der Waals surface area contributed by atoms with Gasteiger partial charge in [-0.25, -0.2) is 9.59 Å². The monoisotopic (exact) mass is 414 g/mol. The Morgan fingerprint density at radius 2 is 1.50 bits per heavy atom. The Labute approximate surface area is 161 Å². The van der Waals surface area contributed by atoms with Crippen molar-refractivity contribution in [2.45, 2.75) is 52.1 Å². The van der Waals surface area contributed by atoms with Gasteiger partial charge in [0.25, 0.3) is 0 Å². The van der Waals surface area contributed by atoms with Crippen molar-refractivity contribution in [2.24, 2.45) is 0 Å². The van der Waals surface area contributed by atoms with E-state index in [1.54, 1.807) is 6.92 Å². The van der Waals surface area contributed by atoms with Crippen molar-refractivity contribution in [3.05, 3.63) is 31.2 Å². The average Bonchev–Trinajstić information content (AvgIpc) is 2.52. The molecule has 0 radical (unpaired) electrons. The molecule has 0 unspecified atom stereocenters. The molecule has 8 heteroatoms. The zero-order valence-corrected chi connectivity index (χ0v) is 16.3. The van der Waals surface area contributed by atoms with Gasteiger partial charge < -0.3 is 9.84 Å². The third-order valence-electron chi connectivity index (χ3n) is 3.46. The Balaban J connectivity index is 3.04. The second-order valence-corrected chi connectivity index (χ2v) is 6.89. The quantitative estimate of drug-likeness (QED) is 0.227. The van der Waals surface area contributed by atoms with Gasteiger partial charge in [0.05, 0.1) is 37.3 Å². The van der Waals surface area contributed by atoms with Crippen LogP contribution in [0, 0.1) is 0 Å². The lowest BCUT2D eigenvalue weighted by Gasteiger charge is -2.17. The summed E-state index contributed by atoms with van der Waals surface area (Å²) in [6.45, 7) is 3.84. The molecule has 1 atom stereocenters. The van der Waals surface area contributed by atoms with Gasteiger partial charge in [-0.1, -0.05) is 72.6 Å². The highest BCUT2D eigenvalue weighted by Gasteiger charge is 2.30. The van der Waals surface area contributed by atoms with Gasteiger partial charge in [-0.3, -0.25) is 0 Å². The van der Waals surface area contributed by atoms with E-state index in [2.05, 4.69) is 6.92 Å². The molecule has 1 aromatic carbocycles. The number of rotatable bonds is 8. The number of halogens is 4. The largest absolute Gasteiger partial charge is 0.478 e. The Bertz CT molecular complexity index is 631. The zero-order chi connectivity index (χ0) is 18.4. The third kappa shape index (κ3) is 5.16. The van der Waals surface area contributed by atoms with Crippen LogP contribution in [-0.4, -0.2) is 23.1 Å². The van der Waals surface area contributed by atoms with E-state index in [1.165, 1.54) is 0 Å². The number of ether oxygens (including phenoxy) is 1. The predicted octanol–water partition coefficient (Wildman–Crippen LogP) is 6.51. The van der Waals surface area contributed by atoms with E-state index >= 15 is 0 Å². The molecule has 0 spiro atoms. The third-order valence-corrected chi connectivity index (χ3v) is 5.26. The maximum Gasteiger partial charge on any atom is 0.340 e. The van der Waals surface area contributed by atoms with Gasteiger partial charge >= 0.3 is 11.9 Å². The van der Waals surface area contributed by atoms with Crippen LogP contribution < -0.4 is 0 Å². The summed E-state index contributed by atoms with van der Waals surface area (Å²) in [6.07, 6.45) is 4.44. The van der Waals surface area contributed by atoms with Crippen LogP contribution in [0.5, 0.6) is 0 Å². The summed E-state index contributed by atoms with van der Waals surface area (Å²) in [6, 6.07) is 0. The molecule has 1 N–H and O–H groups in total. The van der Waals surface area contributed by atoms with Gasteiger partial charge in [0.15, 0.2) is 0 Å². The number of carbonyl (C=O) groups excluding carboxylic acids is 1. The minimum atomic E-state index is -1.44. The Morgan fingerprint density at radius 3 is 2.00 bits per heavy atom. The molecule has 1 rings (SSSR count). The van der Waals surface area contributed by atoms with Crippen LogP contribution in [0.4, 0.5) is 0 Å². The molecule has 0 saturated carbocycles. The van der Waals surface area contributed by atoms with E-state index in [0.29, 0.717) is 6.42 Å². The smallest absolute Gasteiger partial charge is 0.340 e. The first-order chi connectivity index (χ1) is 11.2. The zero-order valence-electron chi connectivity index (χ0n) is 13.3. The molecule has 0 aliphatic rings. The lowest BCUT2D eigenvalue weighted by molar-refractivity contribution is 0.0314. The molecule has 0 heterocycles. The molecule has 24 heavy (non-hydrogen) atoms. The van der Waals surface area contributed by atoms with Crippen molar-refractivity contribution >= 4 is 58.3 Å². The minimum Gasteiger partial charge on any atom is -0.478 e. The standard InChI is InChI=1S/C16H18Cl4O4/c1-3-4-5-6-7-8(2)24-16(23)10-9(15(21)22)11(17)13(19)14(20)12(10)18/h8H,3-7H2,1-2H3,(H,21,22)/t8-/m0/s1. The molecule has 4 nitrogen and oxygen atoms in total. The Morgan fingerprint density at radius 1 is 0.958 bits per heavy atom.